The molecule has 0 amide bonds. The molecule has 1 aromatic carbocycles. The van der Waals surface area contributed by atoms with Crippen LogP contribution in [0, 0.1) is 6.92 Å². The molecule has 2 aromatic rings. The summed E-state index contributed by atoms with van der Waals surface area (Å²) in [5.41, 5.74) is 7.65. The first-order valence-corrected chi connectivity index (χ1v) is 9.32. The average molecular weight is 326 g/mol. The van der Waals surface area contributed by atoms with Crippen molar-refractivity contribution in [3.63, 3.8) is 0 Å². The fourth-order valence-corrected chi connectivity index (χ4v) is 4.34. The second-order valence-electron chi connectivity index (χ2n) is 8.18. The van der Waals surface area contributed by atoms with Gasteiger partial charge in [-0.15, -0.1) is 11.3 Å². The maximum atomic E-state index is 4.39. The highest BCUT2D eigenvalue weighted by Crippen LogP contribution is 2.47. The zero-order valence-electron chi connectivity index (χ0n) is 15.2. The van der Waals surface area contributed by atoms with Gasteiger partial charge in [-0.25, -0.2) is 4.98 Å². The molecule has 23 heavy (non-hydrogen) atoms. The number of allylic oxidation sites excluding steroid dienone is 1. The Morgan fingerprint density at radius 1 is 1.09 bits per heavy atom. The maximum absolute atomic E-state index is 4.39. The minimum absolute atomic E-state index is 0.259. The lowest BCUT2D eigenvalue weighted by atomic mass is 9.62. The topological polar surface area (TPSA) is 12.9 Å². The first kappa shape index (κ1) is 16.4. The number of fused-ring (bicyclic) bond motifs is 1. The van der Waals surface area contributed by atoms with Crippen molar-refractivity contribution in [2.45, 2.75) is 65.2 Å². The zero-order chi connectivity index (χ0) is 16.8. The van der Waals surface area contributed by atoms with Crippen molar-refractivity contribution in [1.29, 1.82) is 0 Å². The number of nitrogens with zero attached hydrogens (tertiary/aromatic N) is 1. The maximum Gasteiger partial charge on any atom is 0.116 e. The monoisotopic (exact) mass is 325 g/mol. The Bertz CT molecular complexity index is 748. The molecule has 1 aliphatic carbocycles. The van der Waals surface area contributed by atoms with Crippen molar-refractivity contribution in [2.75, 3.05) is 0 Å². The van der Waals surface area contributed by atoms with E-state index in [0.29, 0.717) is 0 Å². The molecule has 3 rings (SSSR count). The SMILES string of the molecule is C/C(=C/c1nccs1)c1cc2c(cc1C)C(C)(C)CCC2(C)C. The molecule has 0 unspecified atom stereocenters. The van der Waals surface area contributed by atoms with Gasteiger partial charge in [0.05, 0.1) is 0 Å². The van der Waals surface area contributed by atoms with E-state index >= 15 is 0 Å². The lowest BCUT2D eigenvalue weighted by Crippen LogP contribution is -2.34. The fraction of sp³-hybridized carbons (Fsp3) is 0.476. The quantitative estimate of drug-likeness (QED) is 0.626. The van der Waals surface area contributed by atoms with Gasteiger partial charge >= 0.3 is 0 Å². The van der Waals surface area contributed by atoms with Crippen LogP contribution in [0.25, 0.3) is 11.6 Å². The molecular formula is C21H27NS. The Morgan fingerprint density at radius 2 is 1.70 bits per heavy atom. The molecule has 0 saturated heterocycles. The molecule has 0 atom stereocenters. The van der Waals surface area contributed by atoms with Crippen LogP contribution in [0.1, 0.15) is 74.7 Å². The summed E-state index contributed by atoms with van der Waals surface area (Å²) < 4.78 is 0. The molecular weight excluding hydrogens is 298 g/mol. The molecule has 0 saturated carbocycles. The third-order valence-corrected chi connectivity index (χ3v) is 6.14. The van der Waals surface area contributed by atoms with Crippen molar-refractivity contribution in [3.8, 4) is 0 Å². The van der Waals surface area contributed by atoms with E-state index in [2.05, 4.69) is 64.7 Å². The van der Waals surface area contributed by atoms with E-state index in [-0.39, 0.29) is 10.8 Å². The summed E-state index contributed by atoms with van der Waals surface area (Å²) in [4.78, 5) is 4.39. The van der Waals surface area contributed by atoms with Crippen LogP contribution in [-0.2, 0) is 10.8 Å². The highest BCUT2D eigenvalue weighted by Gasteiger charge is 2.37. The van der Waals surface area contributed by atoms with Gasteiger partial charge in [0.2, 0.25) is 0 Å². The highest BCUT2D eigenvalue weighted by atomic mass is 32.1. The highest BCUT2D eigenvalue weighted by molar-refractivity contribution is 7.10. The Morgan fingerprint density at radius 3 is 2.26 bits per heavy atom. The van der Waals surface area contributed by atoms with Crippen molar-refractivity contribution in [3.05, 3.63) is 51.0 Å². The van der Waals surface area contributed by atoms with Gasteiger partial charge in [-0.1, -0.05) is 39.8 Å². The molecule has 1 heterocycles. The number of hydrogen-bond acceptors (Lipinski definition) is 2. The molecule has 0 aliphatic heterocycles. The van der Waals surface area contributed by atoms with Gasteiger partial charge in [-0.2, -0.15) is 0 Å². The minimum atomic E-state index is 0.259. The number of benzene rings is 1. The van der Waals surface area contributed by atoms with Crippen LogP contribution >= 0.6 is 11.3 Å². The summed E-state index contributed by atoms with van der Waals surface area (Å²) in [6.45, 7) is 14.0. The third kappa shape index (κ3) is 3.01. The molecule has 2 heteroatoms. The zero-order valence-corrected chi connectivity index (χ0v) is 16.0. The van der Waals surface area contributed by atoms with Gasteiger partial charge in [-0.3, -0.25) is 0 Å². The van der Waals surface area contributed by atoms with Crippen LogP contribution in [0.4, 0.5) is 0 Å². The third-order valence-electron chi connectivity index (χ3n) is 5.41. The van der Waals surface area contributed by atoms with Crippen molar-refractivity contribution in [1.82, 2.24) is 4.98 Å². The Balaban J connectivity index is 2.14. The molecule has 1 aliphatic rings. The molecule has 0 spiro atoms. The first-order valence-electron chi connectivity index (χ1n) is 8.44. The van der Waals surface area contributed by atoms with E-state index in [0.717, 1.165) is 5.01 Å². The predicted octanol–water partition coefficient (Wildman–Crippen LogP) is 6.36. The largest absolute Gasteiger partial charge is 0.245 e. The van der Waals surface area contributed by atoms with Gasteiger partial charge in [0.15, 0.2) is 0 Å². The van der Waals surface area contributed by atoms with E-state index < -0.39 is 0 Å². The second-order valence-corrected chi connectivity index (χ2v) is 9.10. The molecule has 122 valence electrons. The smallest absolute Gasteiger partial charge is 0.116 e. The van der Waals surface area contributed by atoms with Crippen LogP contribution < -0.4 is 0 Å². The van der Waals surface area contributed by atoms with Gasteiger partial charge < -0.3 is 0 Å². The summed E-state index contributed by atoms with van der Waals surface area (Å²) in [7, 11) is 0. The summed E-state index contributed by atoms with van der Waals surface area (Å²) in [6, 6.07) is 4.88. The summed E-state index contributed by atoms with van der Waals surface area (Å²) in [5, 5.41) is 3.11. The van der Waals surface area contributed by atoms with Gasteiger partial charge in [-0.05, 0) is 71.4 Å². The number of aromatic nitrogens is 1. The summed E-state index contributed by atoms with van der Waals surface area (Å²) in [6.07, 6.45) is 6.60. The Labute approximate surface area is 144 Å². The van der Waals surface area contributed by atoms with E-state index in [4.69, 9.17) is 0 Å². The van der Waals surface area contributed by atoms with Gasteiger partial charge in [0.25, 0.3) is 0 Å². The number of aryl methyl sites for hydroxylation is 1. The minimum Gasteiger partial charge on any atom is -0.245 e. The van der Waals surface area contributed by atoms with Crippen molar-refractivity contribution < 1.29 is 0 Å². The molecule has 0 fully saturated rings. The van der Waals surface area contributed by atoms with Crippen LogP contribution in [0.15, 0.2) is 23.7 Å². The normalized spacial score (nSPS) is 19.5. The molecule has 0 N–H and O–H groups in total. The summed E-state index contributed by atoms with van der Waals surface area (Å²) in [5.74, 6) is 0. The van der Waals surface area contributed by atoms with Gasteiger partial charge in [0.1, 0.15) is 5.01 Å². The van der Waals surface area contributed by atoms with E-state index in [9.17, 15) is 0 Å². The Kier molecular flexibility index (Phi) is 4.00. The van der Waals surface area contributed by atoms with Crippen molar-refractivity contribution >= 4 is 23.0 Å². The first-order chi connectivity index (χ1) is 10.7. The van der Waals surface area contributed by atoms with E-state index in [1.807, 2.05) is 11.6 Å². The molecule has 0 radical (unpaired) electrons. The standard InChI is InChI=1S/C21H27NS/c1-14-11-17-18(21(5,6)8-7-20(17,3)4)13-16(14)15(2)12-19-22-9-10-23-19/h9-13H,7-8H2,1-6H3/b15-12-. The number of hydrogen-bond donors (Lipinski definition) is 0. The van der Waals surface area contributed by atoms with Crippen LogP contribution in [0.2, 0.25) is 0 Å². The van der Waals surface area contributed by atoms with Crippen LogP contribution in [0.3, 0.4) is 0 Å². The predicted molar refractivity (Wildman–Crippen MR) is 102 cm³/mol. The van der Waals surface area contributed by atoms with E-state index in [1.165, 1.54) is 40.7 Å². The molecule has 1 nitrogen and oxygen atoms in total. The average Bonchev–Trinajstić information content (AvgIpc) is 2.96. The molecule has 0 bridgehead atoms. The lowest BCUT2D eigenvalue weighted by molar-refractivity contribution is 0.331. The van der Waals surface area contributed by atoms with Crippen LogP contribution in [0.5, 0.6) is 0 Å². The second kappa shape index (κ2) is 5.59. The lowest BCUT2D eigenvalue weighted by Gasteiger charge is -2.42. The molecule has 1 aromatic heterocycles. The van der Waals surface area contributed by atoms with Crippen molar-refractivity contribution in [2.24, 2.45) is 0 Å². The fourth-order valence-electron chi connectivity index (χ4n) is 3.72. The Hall–Kier alpha value is -1.41. The number of rotatable bonds is 2. The van der Waals surface area contributed by atoms with E-state index in [1.54, 1.807) is 11.3 Å². The number of thiazole rings is 1. The van der Waals surface area contributed by atoms with Crippen LogP contribution in [-0.4, -0.2) is 4.98 Å². The van der Waals surface area contributed by atoms with Gasteiger partial charge in [0, 0.05) is 11.6 Å². The summed E-state index contributed by atoms with van der Waals surface area (Å²) >= 11 is 1.69.